The highest BCUT2D eigenvalue weighted by atomic mass is 19.1. The molecule has 1 atom stereocenters. The molecule has 0 saturated heterocycles. The van der Waals surface area contributed by atoms with Crippen LogP contribution in [0.15, 0.2) is 48.5 Å². The number of rotatable bonds is 3. The summed E-state index contributed by atoms with van der Waals surface area (Å²) < 4.78 is 24.7. The average Bonchev–Trinajstić information content (AvgIpc) is 2.55. The molecule has 1 aliphatic heterocycles. The highest BCUT2D eigenvalue weighted by molar-refractivity contribution is 5.89. The molecular weight excluding hydrogens is 287 g/mol. The molecule has 1 aliphatic rings. The molecule has 22 heavy (non-hydrogen) atoms. The van der Waals surface area contributed by atoms with Crippen LogP contribution in [0, 0.1) is 5.82 Å². The van der Waals surface area contributed by atoms with E-state index in [2.05, 4.69) is 10.6 Å². The fraction of sp³-hybridized carbons (Fsp3) is 0.188. The summed E-state index contributed by atoms with van der Waals surface area (Å²) in [6.45, 7) is 0.603. The van der Waals surface area contributed by atoms with Gasteiger partial charge in [0.1, 0.15) is 12.4 Å². The minimum Gasteiger partial charge on any atom is -0.486 e. The number of hydrogen-bond acceptors (Lipinski definition) is 3. The van der Waals surface area contributed by atoms with Gasteiger partial charge in [-0.3, -0.25) is 0 Å². The van der Waals surface area contributed by atoms with Gasteiger partial charge >= 0.3 is 6.03 Å². The Labute approximate surface area is 127 Å². The maximum Gasteiger partial charge on any atom is 0.319 e. The maximum absolute atomic E-state index is 13.4. The average molecular weight is 302 g/mol. The van der Waals surface area contributed by atoms with Crippen LogP contribution < -0.4 is 20.1 Å². The molecule has 0 saturated carbocycles. The Morgan fingerprint density at radius 2 is 1.86 bits per heavy atom. The number of anilines is 1. The molecule has 1 heterocycles. The van der Waals surface area contributed by atoms with Crippen LogP contribution in [0.1, 0.15) is 0 Å². The molecule has 2 amide bonds. The fourth-order valence-electron chi connectivity index (χ4n) is 2.10. The molecule has 0 unspecified atom stereocenters. The third-order valence-electron chi connectivity index (χ3n) is 3.18. The largest absolute Gasteiger partial charge is 0.486 e. The summed E-state index contributed by atoms with van der Waals surface area (Å²) in [5, 5.41) is 5.08. The number of ether oxygens (including phenoxy) is 2. The van der Waals surface area contributed by atoms with Crippen molar-refractivity contribution in [2.24, 2.45) is 0 Å². The molecule has 114 valence electrons. The number of halogens is 1. The van der Waals surface area contributed by atoms with Crippen LogP contribution in [0.4, 0.5) is 14.9 Å². The molecule has 0 aromatic heterocycles. The number of amides is 2. The Kier molecular flexibility index (Phi) is 4.09. The summed E-state index contributed by atoms with van der Waals surface area (Å²) in [5.41, 5.74) is 0.131. The molecule has 0 spiro atoms. The van der Waals surface area contributed by atoms with E-state index < -0.39 is 11.8 Å². The van der Waals surface area contributed by atoms with E-state index in [9.17, 15) is 9.18 Å². The lowest BCUT2D eigenvalue weighted by Crippen LogP contribution is -2.42. The van der Waals surface area contributed by atoms with Gasteiger partial charge in [-0.1, -0.05) is 24.3 Å². The second kappa shape index (κ2) is 6.34. The smallest absolute Gasteiger partial charge is 0.319 e. The molecule has 2 N–H and O–H groups in total. The highest BCUT2D eigenvalue weighted by Gasteiger charge is 2.21. The lowest BCUT2D eigenvalue weighted by Gasteiger charge is -2.26. The Morgan fingerprint density at radius 3 is 2.68 bits per heavy atom. The predicted octanol–water partition coefficient (Wildman–Crippen LogP) is 2.79. The Morgan fingerprint density at radius 1 is 1.14 bits per heavy atom. The first-order valence-electron chi connectivity index (χ1n) is 6.90. The SMILES string of the molecule is O=C(NC[C@@H]1COc2ccccc2O1)Nc1ccccc1F. The fourth-order valence-corrected chi connectivity index (χ4v) is 2.10. The summed E-state index contributed by atoms with van der Waals surface area (Å²) in [5.74, 6) is 0.855. The van der Waals surface area contributed by atoms with E-state index in [4.69, 9.17) is 9.47 Å². The van der Waals surface area contributed by atoms with Gasteiger partial charge in [0.25, 0.3) is 0 Å². The van der Waals surface area contributed by atoms with E-state index >= 15 is 0 Å². The van der Waals surface area contributed by atoms with Crippen molar-refractivity contribution in [3.63, 3.8) is 0 Å². The van der Waals surface area contributed by atoms with Crippen LogP contribution in [-0.2, 0) is 0 Å². The van der Waals surface area contributed by atoms with Gasteiger partial charge in [0.2, 0.25) is 0 Å². The molecule has 0 bridgehead atoms. The Hall–Kier alpha value is -2.76. The van der Waals surface area contributed by atoms with Gasteiger partial charge in [-0.15, -0.1) is 0 Å². The van der Waals surface area contributed by atoms with E-state index in [0.717, 1.165) is 0 Å². The summed E-state index contributed by atoms with van der Waals surface area (Å²) in [6, 6.07) is 12.8. The number of benzene rings is 2. The highest BCUT2D eigenvalue weighted by Crippen LogP contribution is 2.30. The minimum absolute atomic E-state index is 0.131. The zero-order valence-electron chi connectivity index (χ0n) is 11.7. The van der Waals surface area contributed by atoms with Crippen LogP contribution in [0.5, 0.6) is 11.5 Å². The van der Waals surface area contributed by atoms with Gasteiger partial charge < -0.3 is 20.1 Å². The van der Waals surface area contributed by atoms with Gasteiger partial charge in [0.05, 0.1) is 12.2 Å². The summed E-state index contributed by atoms with van der Waals surface area (Å²) >= 11 is 0. The van der Waals surface area contributed by atoms with E-state index in [-0.39, 0.29) is 18.3 Å². The van der Waals surface area contributed by atoms with Crippen molar-refractivity contribution >= 4 is 11.7 Å². The van der Waals surface area contributed by atoms with Gasteiger partial charge in [0, 0.05) is 0 Å². The molecule has 6 heteroatoms. The molecular formula is C16H15FN2O3. The predicted molar refractivity (Wildman–Crippen MR) is 79.8 cm³/mol. The molecule has 2 aromatic rings. The van der Waals surface area contributed by atoms with Crippen molar-refractivity contribution in [1.82, 2.24) is 5.32 Å². The van der Waals surface area contributed by atoms with Crippen LogP contribution in [0.25, 0.3) is 0 Å². The Bertz CT molecular complexity index is 678. The van der Waals surface area contributed by atoms with E-state index in [0.29, 0.717) is 18.1 Å². The summed E-state index contributed by atoms with van der Waals surface area (Å²) in [4.78, 5) is 11.8. The maximum atomic E-state index is 13.4. The first-order chi connectivity index (χ1) is 10.7. The molecule has 5 nitrogen and oxygen atoms in total. The second-order valence-electron chi connectivity index (χ2n) is 4.81. The normalized spacial score (nSPS) is 16.0. The van der Waals surface area contributed by atoms with Crippen molar-refractivity contribution in [2.45, 2.75) is 6.10 Å². The van der Waals surface area contributed by atoms with Crippen LogP contribution in [0.3, 0.4) is 0 Å². The molecule has 3 rings (SSSR count). The summed E-state index contributed by atoms with van der Waals surface area (Å²) in [6.07, 6.45) is -0.290. The van der Waals surface area contributed by atoms with E-state index in [1.807, 2.05) is 18.2 Å². The van der Waals surface area contributed by atoms with Crippen LogP contribution in [-0.4, -0.2) is 25.3 Å². The minimum atomic E-state index is -0.493. The number of nitrogens with one attached hydrogen (secondary N) is 2. The van der Waals surface area contributed by atoms with Gasteiger partial charge in [-0.2, -0.15) is 0 Å². The molecule has 0 radical (unpaired) electrons. The van der Waals surface area contributed by atoms with Crippen molar-refractivity contribution in [3.8, 4) is 11.5 Å². The summed E-state index contributed by atoms with van der Waals surface area (Å²) in [7, 11) is 0. The molecule has 0 aliphatic carbocycles. The zero-order valence-corrected chi connectivity index (χ0v) is 11.7. The zero-order chi connectivity index (χ0) is 15.4. The number of hydrogen-bond donors (Lipinski definition) is 2. The lowest BCUT2D eigenvalue weighted by atomic mass is 10.2. The van der Waals surface area contributed by atoms with Crippen molar-refractivity contribution in [2.75, 3.05) is 18.5 Å². The van der Waals surface area contributed by atoms with Gasteiger partial charge in [-0.25, -0.2) is 9.18 Å². The van der Waals surface area contributed by atoms with Gasteiger partial charge in [0.15, 0.2) is 17.6 Å². The lowest BCUT2D eigenvalue weighted by molar-refractivity contribution is 0.0922. The quantitative estimate of drug-likeness (QED) is 0.916. The van der Waals surface area contributed by atoms with Crippen molar-refractivity contribution in [3.05, 3.63) is 54.3 Å². The molecule has 2 aromatic carbocycles. The Balaban J connectivity index is 1.51. The molecule has 0 fully saturated rings. The standard InChI is InChI=1S/C16H15FN2O3/c17-12-5-1-2-6-13(12)19-16(20)18-9-11-10-21-14-7-3-4-8-15(14)22-11/h1-8,11H,9-10H2,(H2,18,19,20)/t11-/m1/s1. The van der Waals surface area contributed by atoms with Crippen LogP contribution in [0.2, 0.25) is 0 Å². The topological polar surface area (TPSA) is 59.6 Å². The second-order valence-corrected chi connectivity index (χ2v) is 4.81. The van der Waals surface area contributed by atoms with Crippen molar-refractivity contribution < 1.29 is 18.7 Å². The van der Waals surface area contributed by atoms with Gasteiger partial charge in [-0.05, 0) is 24.3 Å². The van der Waals surface area contributed by atoms with Crippen LogP contribution >= 0.6 is 0 Å². The van der Waals surface area contributed by atoms with E-state index in [1.165, 1.54) is 12.1 Å². The number of carbonyl (C=O) groups excluding carboxylic acids is 1. The number of carbonyl (C=O) groups is 1. The third kappa shape index (κ3) is 3.28. The van der Waals surface area contributed by atoms with Crippen molar-refractivity contribution in [1.29, 1.82) is 0 Å². The first-order valence-corrected chi connectivity index (χ1v) is 6.90. The van der Waals surface area contributed by atoms with E-state index in [1.54, 1.807) is 18.2 Å². The number of para-hydroxylation sites is 3. The monoisotopic (exact) mass is 302 g/mol. The number of fused-ring (bicyclic) bond motifs is 1. The number of urea groups is 1. The third-order valence-corrected chi connectivity index (χ3v) is 3.18. The first kappa shape index (κ1) is 14.2.